The van der Waals surface area contributed by atoms with Crippen LogP contribution in [0.25, 0.3) is 0 Å². The Kier molecular flexibility index (Phi) is 4.56. The summed E-state index contributed by atoms with van der Waals surface area (Å²) in [6.07, 6.45) is 1.93. The van der Waals surface area contributed by atoms with Gasteiger partial charge < -0.3 is 4.74 Å². The van der Waals surface area contributed by atoms with E-state index in [1.54, 1.807) is 0 Å². The summed E-state index contributed by atoms with van der Waals surface area (Å²) in [5, 5.41) is -0.0456. The lowest BCUT2D eigenvalue weighted by molar-refractivity contribution is -0.134. The van der Waals surface area contributed by atoms with Crippen LogP contribution in [-0.4, -0.2) is 5.97 Å². The molecule has 1 rings (SSSR count). The summed E-state index contributed by atoms with van der Waals surface area (Å²) in [4.78, 5) is 11.2. The Hall–Kier alpha value is -1.09. The van der Waals surface area contributed by atoms with Gasteiger partial charge in [-0.1, -0.05) is 31.0 Å². The van der Waals surface area contributed by atoms with Gasteiger partial charge in [0.05, 0.1) is 5.02 Å². The van der Waals surface area contributed by atoms with Crippen molar-refractivity contribution >= 4 is 17.6 Å². The third kappa shape index (κ3) is 3.51. The van der Waals surface area contributed by atoms with Crippen molar-refractivity contribution < 1.29 is 13.9 Å². The molecule has 0 saturated carbocycles. The van der Waals surface area contributed by atoms with E-state index in [0.29, 0.717) is 6.42 Å². The second kappa shape index (κ2) is 5.71. The SMILES string of the molecule is CCCCC(=O)Oc1cccc(Cl)c1F. The molecule has 0 heterocycles. The van der Waals surface area contributed by atoms with E-state index in [-0.39, 0.29) is 10.8 Å². The van der Waals surface area contributed by atoms with Gasteiger partial charge in [0.1, 0.15) is 0 Å². The summed E-state index contributed by atoms with van der Waals surface area (Å²) >= 11 is 5.54. The van der Waals surface area contributed by atoms with Crippen LogP contribution in [0.1, 0.15) is 26.2 Å². The van der Waals surface area contributed by atoms with E-state index in [9.17, 15) is 9.18 Å². The fraction of sp³-hybridized carbons (Fsp3) is 0.364. The lowest BCUT2D eigenvalue weighted by Gasteiger charge is -2.05. The van der Waals surface area contributed by atoms with Gasteiger partial charge in [0.25, 0.3) is 0 Å². The zero-order valence-corrected chi connectivity index (χ0v) is 9.18. The highest BCUT2D eigenvalue weighted by Gasteiger charge is 2.11. The van der Waals surface area contributed by atoms with Gasteiger partial charge in [0.2, 0.25) is 0 Å². The van der Waals surface area contributed by atoms with Crippen LogP contribution in [0.3, 0.4) is 0 Å². The summed E-state index contributed by atoms with van der Waals surface area (Å²) in [5.74, 6) is -1.23. The molecule has 0 aromatic heterocycles. The van der Waals surface area contributed by atoms with E-state index >= 15 is 0 Å². The van der Waals surface area contributed by atoms with Gasteiger partial charge in [-0.25, -0.2) is 4.39 Å². The molecule has 0 N–H and O–H groups in total. The van der Waals surface area contributed by atoms with Crippen LogP contribution < -0.4 is 4.74 Å². The highest BCUT2D eigenvalue weighted by Crippen LogP contribution is 2.24. The Bertz CT molecular complexity index is 352. The second-order valence-electron chi connectivity index (χ2n) is 3.13. The number of rotatable bonds is 4. The maximum atomic E-state index is 13.3. The third-order valence-corrected chi connectivity index (χ3v) is 2.17. The summed E-state index contributed by atoms with van der Waals surface area (Å²) in [7, 11) is 0. The van der Waals surface area contributed by atoms with Crippen molar-refractivity contribution in [2.75, 3.05) is 0 Å². The number of esters is 1. The van der Waals surface area contributed by atoms with Crippen molar-refractivity contribution in [3.63, 3.8) is 0 Å². The molecule has 0 radical (unpaired) electrons. The van der Waals surface area contributed by atoms with Crippen molar-refractivity contribution in [3.8, 4) is 5.75 Å². The molecule has 82 valence electrons. The van der Waals surface area contributed by atoms with Crippen LogP contribution in [0.2, 0.25) is 5.02 Å². The summed E-state index contributed by atoms with van der Waals surface area (Å²) in [5.41, 5.74) is 0. The zero-order chi connectivity index (χ0) is 11.3. The van der Waals surface area contributed by atoms with E-state index < -0.39 is 11.8 Å². The second-order valence-corrected chi connectivity index (χ2v) is 3.54. The first-order chi connectivity index (χ1) is 7.15. The Morgan fingerprint density at radius 2 is 2.27 bits per heavy atom. The maximum Gasteiger partial charge on any atom is 0.311 e. The van der Waals surface area contributed by atoms with Crippen LogP contribution in [0.5, 0.6) is 5.75 Å². The summed E-state index contributed by atoms with van der Waals surface area (Å²) < 4.78 is 18.1. The highest BCUT2D eigenvalue weighted by atomic mass is 35.5. The fourth-order valence-electron chi connectivity index (χ4n) is 1.06. The Morgan fingerprint density at radius 3 is 2.93 bits per heavy atom. The molecule has 0 aliphatic rings. The minimum absolute atomic E-state index is 0.0456. The van der Waals surface area contributed by atoms with Gasteiger partial charge >= 0.3 is 5.97 Å². The lowest BCUT2D eigenvalue weighted by Crippen LogP contribution is -2.08. The third-order valence-electron chi connectivity index (χ3n) is 1.87. The highest BCUT2D eigenvalue weighted by molar-refractivity contribution is 6.30. The van der Waals surface area contributed by atoms with Crippen LogP contribution in [-0.2, 0) is 4.79 Å². The van der Waals surface area contributed by atoms with Crippen LogP contribution in [0, 0.1) is 5.82 Å². The van der Waals surface area contributed by atoms with Crippen LogP contribution >= 0.6 is 11.6 Å². The summed E-state index contributed by atoms with van der Waals surface area (Å²) in [6.45, 7) is 1.97. The van der Waals surface area contributed by atoms with Crippen LogP contribution in [0.15, 0.2) is 18.2 Å². The molecule has 0 unspecified atom stereocenters. The largest absolute Gasteiger partial charge is 0.423 e. The normalized spacial score (nSPS) is 10.1. The molecule has 0 saturated heterocycles. The van der Waals surface area contributed by atoms with Crippen molar-refractivity contribution in [1.29, 1.82) is 0 Å². The van der Waals surface area contributed by atoms with E-state index in [0.717, 1.165) is 12.8 Å². The minimum atomic E-state index is -0.691. The summed E-state index contributed by atoms with van der Waals surface area (Å²) in [6, 6.07) is 4.32. The number of benzene rings is 1. The van der Waals surface area contributed by atoms with Crippen molar-refractivity contribution in [2.45, 2.75) is 26.2 Å². The number of ether oxygens (including phenoxy) is 1. The molecular weight excluding hydrogens is 219 g/mol. The van der Waals surface area contributed by atoms with E-state index in [1.807, 2.05) is 6.92 Å². The molecule has 1 aromatic rings. The smallest absolute Gasteiger partial charge is 0.311 e. The molecule has 0 fully saturated rings. The molecule has 2 nitrogen and oxygen atoms in total. The monoisotopic (exact) mass is 230 g/mol. The standard InChI is InChI=1S/C11H12ClFO2/c1-2-3-7-10(14)15-9-6-4-5-8(12)11(9)13/h4-6H,2-3,7H2,1H3. The average molecular weight is 231 g/mol. The number of carbonyl (C=O) groups is 1. The molecule has 0 atom stereocenters. The van der Waals surface area contributed by atoms with Gasteiger partial charge in [-0.3, -0.25) is 4.79 Å². The Balaban J connectivity index is 2.64. The first-order valence-corrected chi connectivity index (χ1v) is 5.17. The molecule has 15 heavy (non-hydrogen) atoms. The van der Waals surface area contributed by atoms with Crippen molar-refractivity contribution in [2.24, 2.45) is 0 Å². The molecule has 0 bridgehead atoms. The predicted molar refractivity (Wildman–Crippen MR) is 56.6 cm³/mol. The molecule has 4 heteroatoms. The quantitative estimate of drug-likeness (QED) is 0.584. The first-order valence-electron chi connectivity index (χ1n) is 4.80. The molecule has 0 aliphatic carbocycles. The molecule has 0 amide bonds. The van der Waals surface area contributed by atoms with E-state index in [2.05, 4.69) is 0 Å². The molecule has 1 aromatic carbocycles. The number of unbranched alkanes of at least 4 members (excludes halogenated alkanes) is 1. The Labute approximate surface area is 93.0 Å². The van der Waals surface area contributed by atoms with Crippen molar-refractivity contribution in [3.05, 3.63) is 29.0 Å². The van der Waals surface area contributed by atoms with E-state index in [4.69, 9.17) is 16.3 Å². The van der Waals surface area contributed by atoms with Gasteiger partial charge in [-0.15, -0.1) is 0 Å². The topological polar surface area (TPSA) is 26.3 Å². The van der Waals surface area contributed by atoms with Crippen LogP contribution in [0.4, 0.5) is 4.39 Å². The number of halogens is 2. The maximum absolute atomic E-state index is 13.3. The number of hydrogen-bond acceptors (Lipinski definition) is 2. The van der Waals surface area contributed by atoms with E-state index in [1.165, 1.54) is 18.2 Å². The van der Waals surface area contributed by atoms with Gasteiger partial charge in [-0.2, -0.15) is 0 Å². The number of carbonyl (C=O) groups excluding carboxylic acids is 1. The first kappa shape index (κ1) is 12.0. The van der Waals surface area contributed by atoms with Gasteiger partial charge in [0, 0.05) is 6.42 Å². The van der Waals surface area contributed by atoms with Gasteiger partial charge in [-0.05, 0) is 18.6 Å². The van der Waals surface area contributed by atoms with Crippen molar-refractivity contribution in [1.82, 2.24) is 0 Å². The minimum Gasteiger partial charge on any atom is -0.423 e. The predicted octanol–water partition coefficient (Wildman–Crippen LogP) is 3.57. The van der Waals surface area contributed by atoms with Gasteiger partial charge in [0.15, 0.2) is 11.6 Å². The number of hydrogen-bond donors (Lipinski definition) is 0. The molecule has 0 aliphatic heterocycles. The average Bonchev–Trinajstić information content (AvgIpc) is 2.22. The zero-order valence-electron chi connectivity index (χ0n) is 8.43. The Morgan fingerprint density at radius 1 is 1.53 bits per heavy atom. The lowest BCUT2D eigenvalue weighted by atomic mass is 10.2. The fourth-order valence-corrected chi connectivity index (χ4v) is 1.22. The molecular formula is C11H12ClFO2. The molecule has 0 spiro atoms.